The highest BCUT2D eigenvalue weighted by Crippen LogP contribution is 2.09. The van der Waals surface area contributed by atoms with E-state index in [2.05, 4.69) is 24.2 Å². The van der Waals surface area contributed by atoms with Crippen molar-refractivity contribution in [1.82, 2.24) is 10.2 Å². The number of hydrogen-bond donors (Lipinski definition) is 1. The highest BCUT2D eigenvalue weighted by atomic mass is 16.5. The second-order valence-corrected chi connectivity index (χ2v) is 3.61. The van der Waals surface area contributed by atoms with Crippen molar-refractivity contribution in [2.45, 2.75) is 25.4 Å². The molecule has 3 nitrogen and oxygen atoms in total. The molecule has 0 bridgehead atoms. The van der Waals surface area contributed by atoms with E-state index in [1.54, 1.807) is 7.11 Å². The average molecular weight is 172 g/mol. The molecule has 0 spiro atoms. The summed E-state index contributed by atoms with van der Waals surface area (Å²) in [5.74, 6) is 0. The number of likely N-dealkylation sites (N-methyl/N-ethyl adjacent to an activating group) is 1. The van der Waals surface area contributed by atoms with Crippen LogP contribution in [0.3, 0.4) is 0 Å². The van der Waals surface area contributed by atoms with E-state index in [0.29, 0.717) is 6.04 Å². The quantitative estimate of drug-likeness (QED) is 0.646. The molecule has 1 unspecified atom stereocenters. The van der Waals surface area contributed by atoms with Crippen molar-refractivity contribution in [2.75, 3.05) is 33.9 Å². The van der Waals surface area contributed by atoms with Crippen molar-refractivity contribution in [3.05, 3.63) is 0 Å². The van der Waals surface area contributed by atoms with Gasteiger partial charge in [-0.3, -0.25) is 4.90 Å². The van der Waals surface area contributed by atoms with E-state index in [4.69, 9.17) is 4.74 Å². The van der Waals surface area contributed by atoms with E-state index in [1.807, 2.05) is 0 Å². The number of ether oxygens (including phenoxy) is 1. The lowest BCUT2D eigenvalue weighted by Crippen LogP contribution is -2.58. The standard InChI is InChI=1S/C9H20N2O/c1-8(4-5-12-3)11(2)9-6-10-7-9/h8-10H,4-7H2,1-3H3. The van der Waals surface area contributed by atoms with Gasteiger partial charge in [0.25, 0.3) is 0 Å². The Labute approximate surface area is 75.1 Å². The Hall–Kier alpha value is -0.120. The molecule has 1 rings (SSSR count). The summed E-state index contributed by atoms with van der Waals surface area (Å²) in [5, 5.41) is 3.28. The van der Waals surface area contributed by atoms with Crippen LogP contribution in [0, 0.1) is 0 Å². The predicted octanol–water partition coefficient (Wildman–Crippen LogP) is 0.315. The zero-order valence-electron chi connectivity index (χ0n) is 8.34. The number of methoxy groups -OCH3 is 1. The third-order valence-electron chi connectivity index (χ3n) is 2.77. The van der Waals surface area contributed by atoms with Gasteiger partial charge in [-0.2, -0.15) is 0 Å². The highest BCUT2D eigenvalue weighted by Gasteiger charge is 2.24. The lowest BCUT2D eigenvalue weighted by molar-refractivity contribution is 0.103. The molecule has 1 aliphatic rings. The van der Waals surface area contributed by atoms with Gasteiger partial charge in [-0.15, -0.1) is 0 Å². The molecule has 0 saturated carbocycles. The molecule has 1 saturated heterocycles. The zero-order chi connectivity index (χ0) is 8.97. The maximum absolute atomic E-state index is 5.05. The van der Waals surface area contributed by atoms with Crippen molar-refractivity contribution in [1.29, 1.82) is 0 Å². The minimum absolute atomic E-state index is 0.636. The van der Waals surface area contributed by atoms with Gasteiger partial charge in [-0.1, -0.05) is 0 Å². The van der Waals surface area contributed by atoms with Crippen LogP contribution >= 0.6 is 0 Å². The normalized spacial score (nSPS) is 21.0. The molecule has 1 heterocycles. The smallest absolute Gasteiger partial charge is 0.0477 e. The summed E-state index contributed by atoms with van der Waals surface area (Å²) >= 11 is 0. The van der Waals surface area contributed by atoms with Crippen LogP contribution in [-0.4, -0.2) is 50.8 Å². The number of rotatable bonds is 5. The summed E-state index contributed by atoms with van der Waals surface area (Å²) in [6, 6.07) is 1.38. The van der Waals surface area contributed by atoms with Gasteiger partial charge >= 0.3 is 0 Å². The van der Waals surface area contributed by atoms with Crippen molar-refractivity contribution in [2.24, 2.45) is 0 Å². The summed E-state index contributed by atoms with van der Waals surface area (Å²) in [4.78, 5) is 2.44. The maximum atomic E-state index is 5.05. The molecule has 0 aliphatic carbocycles. The summed E-state index contributed by atoms with van der Waals surface area (Å²) in [6.45, 7) is 5.42. The fraction of sp³-hybridized carbons (Fsp3) is 1.00. The first-order valence-corrected chi connectivity index (χ1v) is 4.67. The Balaban J connectivity index is 2.15. The average Bonchev–Trinajstić information content (AvgIpc) is 1.96. The first kappa shape index (κ1) is 9.96. The number of hydrogen-bond acceptors (Lipinski definition) is 3. The van der Waals surface area contributed by atoms with Crippen LogP contribution in [0.15, 0.2) is 0 Å². The molecule has 3 heteroatoms. The first-order chi connectivity index (χ1) is 5.75. The van der Waals surface area contributed by atoms with E-state index in [-0.39, 0.29) is 0 Å². The van der Waals surface area contributed by atoms with Gasteiger partial charge in [0.1, 0.15) is 0 Å². The molecule has 72 valence electrons. The van der Waals surface area contributed by atoms with Crippen LogP contribution in [-0.2, 0) is 4.74 Å². The van der Waals surface area contributed by atoms with Gasteiger partial charge in [0.05, 0.1) is 0 Å². The van der Waals surface area contributed by atoms with E-state index in [0.717, 1.165) is 32.2 Å². The summed E-state index contributed by atoms with van der Waals surface area (Å²) in [5.41, 5.74) is 0. The van der Waals surface area contributed by atoms with E-state index < -0.39 is 0 Å². The SMILES string of the molecule is COCCC(C)N(C)C1CNC1. The van der Waals surface area contributed by atoms with Crippen LogP contribution < -0.4 is 5.32 Å². The van der Waals surface area contributed by atoms with Gasteiger partial charge in [-0.25, -0.2) is 0 Å². The lowest BCUT2D eigenvalue weighted by atomic mass is 10.1. The third kappa shape index (κ3) is 2.44. The van der Waals surface area contributed by atoms with Gasteiger partial charge in [0.15, 0.2) is 0 Å². The van der Waals surface area contributed by atoms with Crippen LogP contribution in [0.25, 0.3) is 0 Å². The molecule has 1 aliphatic heterocycles. The second kappa shape index (κ2) is 4.80. The monoisotopic (exact) mass is 172 g/mol. The summed E-state index contributed by atoms with van der Waals surface area (Å²) in [7, 11) is 3.96. The molecular weight excluding hydrogens is 152 g/mol. The van der Waals surface area contributed by atoms with Crippen molar-refractivity contribution in [3.8, 4) is 0 Å². The van der Waals surface area contributed by atoms with E-state index in [1.165, 1.54) is 0 Å². The molecule has 0 radical (unpaired) electrons. The molecule has 0 amide bonds. The van der Waals surface area contributed by atoms with Crippen molar-refractivity contribution in [3.63, 3.8) is 0 Å². The molecule has 1 atom stereocenters. The Bertz CT molecular complexity index is 126. The largest absolute Gasteiger partial charge is 0.385 e. The number of nitrogens with zero attached hydrogens (tertiary/aromatic N) is 1. The predicted molar refractivity (Wildman–Crippen MR) is 50.4 cm³/mol. The van der Waals surface area contributed by atoms with Crippen LogP contribution in [0.2, 0.25) is 0 Å². The van der Waals surface area contributed by atoms with Gasteiger partial charge in [0, 0.05) is 38.9 Å². The Morgan fingerprint density at radius 1 is 1.58 bits per heavy atom. The van der Waals surface area contributed by atoms with Gasteiger partial charge in [0.2, 0.25) is 0 Å². The van der Waals surface area contributed by atoms with E-state index >= 15 is 0 Å². The van der Waals surface area contributed by atoms with Gasteiger partial charge in [-0.05, 0) is 20.4 Å². The lowest BCUT2D eigenvalue weighted by Gasteiger charge is -2.39. The Morgan fingerprint density at radius 2 is 2.25 bits per heavy atom. The van der Waals surface area contributed by atoms with E-state index in [9.17, 15) is 0 Å². The molecule has 0 aromatic heterocycles. The molecule has 0 aromatic rings. The van der Waals surface area contributed by atoms with Gasteiger partial charge < -0.3 is 10.1 Å². The fourth-order valence-corrected chi connectivity index (χ4v) is 1.41. The molecule has 0 aromatic carbocycles. The molecular formula is C9H20N2O. The van der Waals surface area contributed by atoms with Crippen LogP contribution in [0.4, 0.5) is 0 Å². The molecule has 1 N–H and O–H groups in total. The Morgan fingerprint density at radius 3 is 2.67 bits per heavy atom. The van der Waals surface area contributed by atoms with Crippen LogP contribution in [0.1, 0.15) is 13.3 Å². The molecule has 12 heavy (non-hydrogen) atoms. The number of nitrogens with one attached hydrogen (secondary N) is 1. The molecule has 1 fully saturated rings. The fourth-order valence-electron chi connectivity index (χ4n) is 1.41. The second-order valence-electron chi connectivity index (χ2n) is 3.61. The minimum Gasteiger partial charge on any atom is -0.385 e. The zero-order valence-corrected chi connectivity index (χ0v) is 8.34. The minimum atomic E-state index is 0.636. The topological polar surface area (TPSA) is 24.5 Å². The summed E-state index contributed by atoms with van der Waals surface area (Å²) < 4.78 is 5.05. The Kier molecular flexibility index (Phi) is 3.98. The van der Waals surface area contributed by atoms with Crippen molar-refractivity contribution >= 4 is 0 Å². The maximum Gasteiger partial charge on any atom is 0.0477 e. The first-order valence-electron chi connectivity index (χ1n) is 4.67. The third-order valence-corrected chi connectivity index (χ3v) is 2.77. The van der Waals surface area contributed by atoms with Crippen LogP contribution in [0.5, 0.6) is 0 Å². The van der Waals surface area contributed by atoms with Crippen molar-refractivity contribution < 1.29 is 4.74 Å². The highest BCUT2D eigenvalue weighted by molar-refractivity contribution is 4.85. The summed E-state index contributed by atoms with van der Waals surface area (Å²) in [6.07, 6.45) is 1.13.